The van der Waals surface area contributed by atoms with Gasteiger partial charge in [-0.05, 0) is 56.7 Å². The molecule has 150 valence electrons. The summed E-state index contributed by atoms with van der Waals surface area (Å²) in [5.41, 5.74) is 1.86. The Kier molecular flexibility index (Phi) is 8.45. The van der Waals surface area contributed by atoms with E-state index < -0.39 is 10.0 Å². The van der Waals surface area contributed by atoms with Crippen molar-refractivity contribution in [3.05, 3.63) is 39.9 Å². The normalized spacial score (nSPS) is 14.6. The standard InChI is InChI=1S/C19H26Cl2N2O3S/c1-27(25,26)23(16-9-10-17(20)18(21)14-16)13-5-8-19(24)22-12-11-15-6-3-2-4-7-15/h6,9-10,14H,2-5,7-8,11-13H2,1H3,(H,22,24). The first-order valence-electron chi connectivity index (χ1n) is 9.15. The zero-order valence-corrected chi connectivity index (χ0v) is 17.8. The number of sulfonamides is 1. The number of nitrogens with zero attached hydrogens (tertiary/aromatic N) is 1. The van der Waals surface area contributed by atoms with E-state index in [9.17, 15) is 13.2 Å². The van der Waals surface area contributed by atoms with E-state index in [1.54, 1.807) is 12.1 Å². The van der Waals surface area contributed by atoms with E-state index in [0.717, 1.165) is 25.5 Å². The number of amides is 1. The lowest BCUT2D eigenvalue weighted by Crippen LogP contribution is -2.32. The van der Waals surface area contributed by atoms with Gasteiger partial charge >= 0.3 is 0 Å². The van der Waals surface area contributed by atoms with Gasteiger partial charge in [0.2, 0.25) is 15.9 Å². The maximum absolute atomic E-state index is 12.1. The fraction of sp³-hybridized carbons (Fsp3) is 0.526. The molecule has 1 aliphatic carbocycles. The van der Waals surface area contributed by atoms with E-state index in [2.05, 4.69) is 11.4 Å². The molecule has 1 amide bonds. The lowest BCUT2D eigenvalue weighted by molar-refractivity contribution is -0.121. The van der Waals surface area contributed by atoms with Crippen molar-refractivity contribution in [1.82, 2.24) is 5.32 Å². The predicted octanol–water partition coefficient (Wildman–Crippen LogP) is 4.55. The van der Waals surface area contributed by atoms with Gasteiger partial charge in [0, 0.05) is 19.5 Å². The second-order valence-corrected chi connectivity index (χ2v) is 9.47. The lowest BCUT2D eigenvalue weighted by atomic mass is 9.97. The number of benzene rings is 1. The quantitative estimate of drug-likeness (QED) is 0.582. The van der Waals surface area contributed by atoms with Crippen molar-refractivity contribution in [3.8, 4) is 0 Å². The van der Waals surface area contributed by atoms with Gasteiger partial charge in [0.1, 0.15) is 0 Å². The highest BCUT2D eigenvalue weighted by atomic mass is 35.5. The van der Waals surface area contributed by atoms with Gasteiger partial charge in [0.05, 0.1) is 22.0 Å². The number of anilines is 1. The first-order valence-corrected chi connectivity index (χ1v) is 11.7. The topological polar surface area (TPSA) is 66.5 Å². The summed E-state index contributed by atoms with van der Waals surface area (Å²) in [5, 5.41) is 3.56. The first-order chi connectivity index (χ1) is 12.8. The molecule has 0 bridgehead atoms. The summed E-state index contributed by atoms with van der Waals surface area (Å²) in [7, 11) is -3.48. The number of hydrogen-bond acceptors (Lipinski definition) is 3. The smallest absolute Gasteiger partial charge is 0.232 e. The molecule has 0 fully saturated rings. The fourth-order valence-electron chi connectivity index (χ4n) is 3.09. The van der Waals surface area contributed by atoms with Crippen molar-refractivity contribution in [1.29, 1.82) is 0 Å². The summed E-state index contributed by atoms with van der Waals surface area (Å²) >= 11 is 11.9. The Morgan fingerprint density at radius 2 is 2.00 bits per heavy atom. The molecule has 27 heavy (non-hydrogen) atoms. The Bertz CT molecular complexity index is 794. The summed E-state index contributed by atoms with van der Waals surface area (Å²) in [6.45, 7) is 0.836. The Labute approximate surface area is 171 Å². The predicted molar refractivity (Wildman–Crippen MR) is 112 cm³/mol. The molecule has 1 aliphatic rings. The van der Waals surface area contributed by atoms with Gasteiger partial charge in [-0.1, -0.05) is 34.9 Å². The number of nitrogens with one attached hydrogen (secondary N) is 1. The third-order valence-electron chi connectivity index (χ3n) is 4.51. The summed E-state index contributed by atoms with van der Waals surface area (Å²) in [6.07, 6.45) is 9.74. The summed E-state index contributed by atoms with van der Waals surface area (Å²) < 4.78 is 25.4. The number of halogens is 2. The maximum Gasteiger partial charge on any atom is 0.232 e. The van der Waals surface area contributed by atoms with Crippen LogP contribution in [-0.4, -0.2) is 33.7 Å². The molecule has 0 saturated carbocycles. The Morgan fingerprint density at radius 3 is 2.63 bits per heavy atom. The Morgan fingerprint density at radius 1 is 1.22 bits per heavy atom. The van der Waals surface area contributed by atoms with Gasteiger partial charge in [-0.3, -0.25) is 9.10 Å². The van der Waals surface area contributed by atoms with Crippen molar-refractivity contribution in [3.63, 3.8) is 0 Å². The fourth-order valence-corrected chi connectivity index (χ4v) is 4.34. The summed E-state index contributed by atoms with van der Waals surface area (Å²) in [5.74, 6) is -0.0611. The van der Waals surface area contributed by atoms with Crippen molar-refractivity contribution in [2.75, 3.05) is 23.7 Å². The Balaban J connectivity index is 1.81. The van der Waals surface area contributed by atoms with E-state index in [4.69, 9.17) is 23.2 Å². The monoisotopic (exact) mass is 432 g/mol. The van der Waals surface area contributed by atoms with Crippen molar-refractivity contribution < 1.29 is 13.2 Å². The molecule has 2 rings (SSSR count). The van der Waals surface area contributed by atoms with Gasteiger partial charge in [-0.25, -0.2) is 8.42 Å². The van der Waals surface area contributed by atoms with Gasteiger partial charge in [-0.2, -0.15) is 0 Å². The van der Waals surface area contributed by atoms with Crippen LogP contribution in [0.2, 0.25) is 10.0 Å². The van der Waals surface area contributed by atoms with Crippen LogP contribution < -0.4 is 9.62 Å². The number of carbonyl (C=O) groups is 1. The largest absolute Gasteiger partial charge is 0.356 e. The highest BCUT2D eigenvalue weighted by molar-refractivity contribution is 7.92. The van der Waals surface area contributed by atoms with Crippen LogP contribution >= 0.6 is 23.2 Å². The van der Waals surface area contributed by atoms with Crippen LogP contribution in [0.3, 0.4) is 0 Å². The minimum Gasteiger partial charge on any atom is -0.356 e. The maximum atomic E-state index is 12.1. The number of allylic oxidation sites excluding steroid dienone is 1. The van der Waals surface area contributed by atoms with Gasteiger partial charge in [0.15, 0.2) is 0 Å². The highest BCUT2D eigenvalue weighted by Crippen LogP contribution is 2.28. The molecule has 1 aromatic rings. The third kappa shape index (κ3) is 7.35. The van der Waals surface area contributed by atoms with Gasteiger partial charge < -0.3 is 5.32 Å². The molecule has 0 saturated heterocycles. The van der Waals surface area contributed by atoms with Crippen LogP contribution in [0.5, 0.6) is 0 Å². The minimum absolute atomic E-state index is 0.0611. The highest BCUT2D eigenvalue weighted by Gasteiger charge is 2.18. The molecule has 0 spiro atoms. The van der Waals surface area contributed by atoms with Crippen LogP contribution in [0.4, 0.5) is 5.69 Å². The van der Waals surface area contributed by atoms with E-state index in [1.165, 1.54) is 28.8 Å². The first kappa shape index (κ1) is 22.1. The lowest BCUT2D eigenvalue weighted by Gasteiger charge is -2.22. The number of carbonyl (C=O) groups excluding carboxylic acids is 1. The van der Waals surface area contributed by atoms with E-state index >= 15 is 0 Å². The number of rotatable bonds is 9. The second kappa shape index (κ2) is 10.3. The Hall–Kier alpha value is -1.24. The zero-order valence-electron chi connectivity index (χ0n) is 15.5. The van der Waals surface area contributed by atoms with Crippen molar-refractivity contribution in [2.45, 2.75) is 44.9 Å². The second-order valence-electron chi connectivity index (χ2n) is 6.75. The SMILES string of the molecule is CS(=O)(=O)N(CCCC(=O)NCCC1=CCCCC1)c1ccc(Cl)c(Cl)c1. The van der Waals surface area contributed by atoms with E-state index in [1.807, 2.05) is 0 Å². The van der Waals surface area contributed by atoms with Crippen LogP contribution in [-0.2, 0) is 14.8 Å². The molecule has 0 heterocycles. The van der Waals surface area contributed by atoms with Crippen molar-refractivity contribution in [2.24, 2.45) is 0 Å². The average Bonchev–Trinajstić information content (AvgIpc) is 2.61. The van der Waals surface area contributed by atoms with Crippen LogP contribution in [0.15, 0.2) is 29.8 Å². The molecule has 1 N–H and O–H groups in total. The number of hydrogen-bond donors (Lipinski definition) is 1. The summed E-state index contributed by atoms with van der Waals surface area (Å²) in [6, 6.07) is 4.68. The molecule has 1 aromatic carbocycles. The van der Waals surface area contributed by atoms with Crippen LogP contribution in [0, 0.1) is 0 Å². The van der Waals surface area contributed by atoms with E-state index in [-0.39, 0.29) is 23.9 Å². The molecular weight excluding hydrogens is 407 g/mol. The molecule has 8 heteroatoms. The van der Waals surface area contributed by atoms with Crippen molar-refractivity contribution >= 4 is 44.8 Å². The molecule has 0 aliphatic heterocycles. The van der Waals surface area contributed by atoms with Gasteiger partial charge in [-0.15, -0.1) is 0 Å². The molecular formula is C19H26Cl2N2O3S. The molecule has 0 radical (unpaired) electrons. The average molecular weight is 433 g/mol. The van der Waals surface area contributed by atoms with Gasteiger partial charge in [0.25, 0.3) is 0 Å². The zero-order chi connectivity index (χ0) is 19.9. The molecule has 0 unspecified atom stereocenters. The van der Waals surface area contributed by atoms with E-state index in [0.29, 0.717) is 23.7 Å². The molecule has 0 atom stereocenters. The summed E-state index contributed by atoms with van der Waals surface area (Å²) in [4.78, 5) is 12.0. The van der Waals surface area contributed by atoms with Crippen LogP contribution in [0.1, 0.15) is 44.9 Å². The molecule has 0 aromatic heterocycles. The van der Waals surface area contributed by atoms with Crippen LogP contribution in [0.25, 0.3) is 0 Å². The minimum atomic E-state index is -3.48. The molecule has 5 nitrogen and oxygen atoms in total. The third-order valence-corrected chi connectivity index (χ3v) is 6.44.